The maximum absolute atomic E-state index is 11.8. The summed E-state index contributed by atoms with van der Waals surface area (Å²) < 4.78 is 0. The average Bonchev–Trinajstić information content (AvgIpc) is 3.43. The van der Waals surface area contributed by atoms with Crippen molar-refractivity contribution in [3.05, 3.63) is 42.0 Å². The summed E-state index contributed by atoms with van der Waals surface area (Å²) in [5, 5.41) is 3.49. The summed E-state index contributed by atoms with van der Waals surface area (Å²) >= 11 is 0. The number of carbonyl (C=O) groups is 1. The van der Waals surface area contributed by atoms with E-state index >= 15 is 0 Å². The van der Waals surface area contributed by atoms with Gasteiger partial charge in [-0.05, 0) is 30.4 Å². The Balaban J connectivity index is 0.00000225. The highest BCUT2D eigenvalue weighted by Gasteiger charge is 2.25. The van der Waals surface area contributed by atoms with Crippen LogP contribution in [-0.4, -0.2) is 61.4 Å². The Morgan fingerprint density at radius 3 is 2.56 bits per heavy atom. The molecule has 0 bridgehead atoms. The minimum atomic E-state index is 0. The fraction of sp³-hybridized carbons (Fsp3) is 0.474. The maximum atomic E-state index is 11.8. The molecular weight excluding hydrogens is 427 g/mol. The topological polar surface area (TPSA) is 47.9 Å². The van der Waals surface area contributed by atoms with Crippen molar-refractivity contribution in [1.82, 2.24) is 15.1 Å². The van der Waals surface area contributed by atoms with Crippen molar-refractivity contribution >= 4 is 41.4 Å². The number of nitrogens with one attached hydrogen (secondary N) is 1. The molecule has 0 radical (unpaired) electrons. The quantitative estimate of drug-likeness (QED) is 0.433. The monoisotopic (exact) mass is 454 g/mol. The van der Waals surface area contributed by atoms with Crippen molar-refractivity contribution < 1.29 is 4.79 Å². The summed E-state index contributed by atoms with van der Waals surface area (Å²) in [6, 6.07) is 11.1. The van der Waals surface area contributed by atoms with Gasteiger partial charge >= 0.3 is 0 Å². The van der Waals surface area contributed by atoms with Crippen LogP contribution >= 0.6 is 24.0 Å². The van der Waals surface area contributed by atoms with E-state index in [4.69, 9.17) is 0 Å². The van der Waals surface area contributed by atoms with Crippen LogP contribution in [0, 0.1) is 0 Å². The Kier molecular flexibility index (Phi) is 7.28. The minimum absolute atomic E-state index is 0. The molecule has 0 aromatic heterocycles. The number of amides is 1. The van der Waals surface area contributed by atoms with Crippen molar-refractivity contribution in [2.75, 3.05) is 33.7 Å². The smallest absolute Gasteiger partial charge is 0.243 e. The number of aliphatic imine (C=N–C) groups is 1. The molecule has 0 spiro atoms. The third-order valence-corrected chi connectivity index (χ3v) is 4.43. The van der Waals surface area contributed by atoms with E-state index < -0.39 is 0 Å². The van der Waals surface area contributed by atoms with Gasteiger partial charge in [-0.15, -0.1) is 24.0 Å². The number of rotatable bonds is 4. The van der Waals surface area contributed by atoms with E-state index in [2.05, 4.69) is 45.6 Å². The number of nitrogens with zero attached hydrogens (tertiary/aromatic N) is 3. The van der Waals surface area contributed by atoms with Crippen LogP contribution in [0.25, 0.3) is 5.57 Å². The van der Waals surface area contributed by atoms with Crippen LogP contribution in [0.3, 0.4) is 0 Å². The Hall–Kier alpha value is -1.57. The van der Waals surface area contributed by atoms with Crippen molar-refractivity contribution in [3.63, 3.8) is 0 Å². The summed E-state index contributed by atoms with van der Waals surface area (Å²) in [4.78, 5) is 20.2. The zero-order chi connectivity index (χ0) is 16.9. The number of halogens is 1. The van der Waals surface area contributed by atoms with Crippen LogP contribution in [0.1, 0.15) is 24.8 Å². The summed E-state index contributed by atoms with van der Waals surface area (Å²) in [6.45, 7) is 1.96. The van der Waals surface area contributed by atoms with E-state index in [0.717, 1.165) is 25.5 Å². The lowest BCUT2D eigenvalue weighted by Gasteiger charge is -2.30. The first-order chi connectivity index (χ1) is 11.6. The third-order valence-electron chi connectivity index (χ3n) is 4.43. The number of benzene rings is 1. The highest BCUT2D eigenvalue weighted by atomic mass is 127. The molecule has 1 aliphatic heterocycles. The van der Waals surface area contributed by atoms with Gasteiger partial charge in [-0.3, -0.25) is 4.79 Å². The van der Waals surface area contributed by atoms with Crippen LogP contribution in [0.5, 0.6) is 0 Å². The first-order valence-electron chi connectivity index (χ1n) is 8.64. The van der Waals surface area contributed by atoms with E-state index in [0.29, 0.717) is 6.04 Å². The molecule has 1 fully saturated rings. The molecule has 0 atom stereocenters. The van der Waals surface area contributed by atoms with E-state index in [1.54, 1.807) is 19.0 Å². The zero-order valence-electron chi connectivity index (χ0n) is 14.9. The van der Waals surface area contributed by atoms with Gasteiger partial charge in [0.2, 0.25) is 5.91 Å². The van der Waals surface area contributed by atoms with Gasteiger partial charge in [-0.25, -0.2) is 4.99 Å². The maximum Gasteiger partial charge on any atom is 0.243 e. The largest absolute Gasteiger partial charge is 0.353 e. The molecule has 1 aromatic carbocycles. The first-order valence-corrected chi connectivity index (χ1v) is 8.64. The predicted octanol–water partition coefficient (Wildman–Crippen LogP) is 2.59. The van der Waals surface area contributed by atoms with Gasteiger partial charge in [0, 0.05) is 33.2 Å². The Bertz CT molecular complexity index is 638. The van der Waals surface area contributed by atoms with E-state index in [9.17, 15) is 4.79 Å². The van der Waals surface area contributed by atoms with Gasteiger partial charge in [0.1, 0.15) is 6.54 Å². The standard InChI is InChI=1S/C19H26N4O.HI/c1-22(2)18(24)14-20-19(21-17-8-9-17)23-12-10-16(11-13-23)15-6-4-3-5-7-15;/h3-7,10,17H,8-9,11-14H2,1-2H3,(H,20,21);1H. The minimum Gasteiger partial charge on any atom is -0.353 e. The second kappa shape index (κ2) is 9.22. The second-order valence-electron chi connectivity index (χ2n) is 6.64. The molecule has 1 saturated carbocycles. The molecular formula is C19H27IN4O. The fourth-order valence-corrected chi connectivity index (χ4v) is 2.71. The van der Waals surface area contributed by atoms with Crippen molar-refractivity contribution in [2.45, 2.75) is 25.3 Å². The molecule has 1 N–H and O–H groups in total. The average molecular weight is 454 g/mol. The Morgan fingerprint density at radius 2 is 2.00 bits per heavy atom. The molecule has 2 aliphatic rings. The molecule has 1 heterocycles. The summed E-state index contributed by atoms with van der Waals surface area (Å²) in [5.74, 6) is 0.902. The molecule has 1 amide bonds. The van der Waals surface area contributed by atoms with E-state index in [-0.39, 0.29) is 36.4 Å². The summed E-state index contributed by atoms with van der Waals surface area (Å²) in [6.07, 6.45) is 5.66. The van der Waals surface area contributed by atoms with E-state index in [1.807, 2.05) is 6.07 Å². The van der Waals surface area contributed by atoms with Gasteiger partial charge in [-0.2, -0.15) is 0 Å². The number of hydrogen-bond donors (Lipinski definition) is 1. The van der Waals surface area contributed by atoms with Crippen molar-refractivity contribution in [2.24, 2.45) is 4.99 Å². The molecule has 0 saturated heterocycles. The summed E-state index contributed by atoms with van der Waals surface area (Å²) in [5.41, 5.74) is 2.69. The van der Waals surface area contributed by atoms with Crippen LogP contribution < -0.4 is 5.32 Å². The van der Waals surface area contributed by atoms with Crippen LogP contribution in [-0.2, 0) is 4.79 Å². The lowest BCUT2D eigenvalue weighted by molar-refractivity contribution is -0.127. The van der Waals surface area contributed by atoms with Gasteiger partial charge in [0.15, 0.2) is 5.96 Å². The van der Waals surface area contributed by atoms with Crippen LogP contribution in [0.15, 0.2) is 41.4 Å². The molecule has 136 valence electrons. The first kappa shape index (κ1) is 19.8. The lowest BCUT2D eigenvalue weighted by atomic mass is 10.00. The fourth-order valence-electron chi connectivity index (χ4n) is 2.71. The molecule has 5 nitrogen and oxygen atoms in total. The Labute approximate surface area is 167 Å². The SMILES string of the molecule is CN(C)C(=O)CN=C(NC1CC1)N1CC=C(c2ccccc2)CC1.I. The zero-order valence-corrected chi connectivity index (χ0v) is 17.3. The van der Waals surface area contributed by atoms with Gasteiger partial charge in [-0.1, -0.05) is 36.4 Å². The highest BCUT2D eigenvalue weighted by Crippen LogP contribution is 2.23. The number of guanidine groups is 1. The van der Waals surface area contributed by atoms with E-state index in [1.165, 1.54) is 24.0 Å². The number of hydrogen-bond acceptors (Lipinski definition) is 2. The molecule has 3 rings (SSSR count). The van der Waals surface area contributed by atoms with Gasteiger partial charge in [0.25, 0.3) is 0 Å². The van der Waals surface area contributed by atoms with Crippen LogP contribution in [0.4, 0.5) is 0 Å². The molecule has 6 heteroatoms. The normalized spacial score (nSPS) is 17.4. The third kappa shape index (κ3) is 5.73. The van der Waals surface area contributed by atoms with Gasteiger partial charge in [0.05, 0.1) is 0 Å². The second-order valence-corrected chi connectivity index (χ2v) is 6.64. The molecule has 1 aromatic rings. The molecule has 0 unspecified atom stereocenters. The molecule has 25 heavy (non-hydrogen) atoms. The van der Waals surface area contributed by atoms with Gasteiger partial charge < -0.3 is 15.1 Å². The number of carbonyl (C=O) groups excluding carboxylic acids is 1. The van der Waals surface area contributed by atoms with Crippen LogP contribution in [0.2, 0.25) is 0 Å². The number of likely N-dealkylation sites (N-methyl/N-ethyl adjacent to an activating group) is 1. The van der Waals surface area contributed by atoms with Crippen molar-refractivity contribution in [3.8, 4) is 0 Å². The molecule has 1 aliphatic carbocycles. The lowest BCUT2D eigenvalue weighted by Crippen LogP contribution is -2.45. The predicted molar refractivity (Wildman–Crippen MR) is 113 cm³/mol. The Morgan fingerprint density at radius 1 is 1.28 bits per heavy atom. The highest BCUT2D eigenvalue weighted by molar-refractivity contribution is 14.0. The summed E-state index contributed by atoms with van der Waals surface area (Å²) in [7, 11) is 3.53. The van der Waals surface area contributed by atoms with Crippen molar-refractivity contribution in [1.29, 1.82) is 0 Å².